The van der Waals surface area contributed by atoms with Gasteiger partial charge >= 0.3 is 6.09 Å². The van der Waals surface area contributed by atoms with Crippen LogP contribution in [0.25, 0.3) is 11.3 Å². The van der Waals surface area contributed by atoms with E-state index in [0.29, 0.717) is 73.2 Å². The minimum absolute atomic E-state index is 0.0306. The van der Waals surface area contributed by atoms with E-state index in [9.17, 15) is 14.0 Å². The summed E-state index contributed by atoms with van der Waals surface area (Å²) in [7, 11) is 1.39. The number of aromatic nitrogens is 2. The summed E-state index contributed by atoms with van der Waals surface area (Å²) >= 11 is 0. The second-order valence-electron chi connectivity index (χ2n) is 9.77. The first-order valence-electron chi connectivity index (χ1n) is 13.7. The highest BCUT2D eigenvalue weighted by Gasteiger charge is 2.30. The molecule has 2 amide bonds. The second kappa shape index (κ2) is 12.9. The molecule has 1 saturated heterocycles. The molecule has 2 aromatic heterocycles. The van der Waals surface area contributed by atoms with Gasteiger partial charge in [0, 0.05) is 37.0 Å². The first-order chi connectivity index (χ1) is 20.0. The van der Waals surface area contributed by atoms with Crippen LogP contribution < -0.4 is 20.1 Å². The van der Waals surface area contributed by atoms with E-state index in [1.165, 1.54) is 13.2 Å². The maximum atomic E-state index is 14.5. The number of pyridine rings is 1. The zero-order valence-electron chi connectivity index (χ0n) is 23.1. The van der Waals surface area contributed by atoms with Gasteiger partial charge < -0.3 is 39.5 Å². The molecule has 4 heterocycles. The SMILES string of the molecule is CCCCOC(=O)N1CCO[C@H](COc2cnccc2-c2[nH]c3c(c2Nc2cccc(F)c2OC)C(=O)NCC3)C1. The van der Waals surface area contributed by atoms with Crippen LogP contribution in [0.1, 0.15) is 35.8 Å². The highest BCUT2D eigenvalue weighted by atomic mass is 19.1. The molecule has 0 saturated carbocycles. The lowest BCUT2D eigenvalue weighted by Gasteiger charge is -2.32. The summed E-state index contributed by atoms with van der Waals surface area (Å²) in [5, 5.41) is 6.10. The van der Waals surface area contributed by atoms with Crippen molar-refractivity contribution in [3.63, 3.8) is 0 Å². The van der Waals surface area contributed by atoms with Gasteiger partial charge in [0.2, 0.25) is 0 Å². The van der Waals surface area contributed by atoms with Gasteiger partial charge in [0.1, 0.15) is 18.5 Å². The average molecular weight is 568 g/mol. The van der Waals surface area contributed by atoms with Crippen molar-refractivity contribution in [3.05, 3.63) is 53.7 Å². The fourth-order valence-electron chi connectivity index (χ4n) is 4.92. The summed E-state index contributed by atoms with van der Waals surface area (Å²) in [6, 6.07) is 6.32. The molecule has 218 valence electrons. The Bertz CT molecular complexity index is 1400. The number of fused-ring (bicyclic) bond motifs is 1. The fraction of sp³-hybridized carbons (Fsp3) is 0.414. The second-order valence-corrected chi connectivity index (χ2v) is 9.77. The number of methoxy groups -OCH3 is 1. The smallest absolute Gasteiger partial charge is 0.409 e. The standard InChI is InChI=1S/C29H34FN5O6/c1-3-4-13-40-29(37)35-12-14-39-18(16-35)17-41-23-15-31-10-8-19(23)25-26(24-21(33-25)9-11-32-28(24)36)34-22-7-5-6-20(30)27(22)38-2/h5-8,10,15,18,33-34H,3-4,9,11-14,16-17H2,1-2H3,(H,32,36)/t18-/m0/s1. The van der Waals surface area contributed by atoms with E-state index >= 15 is 0 Å². The lowest BCUT2D eigenvalue weighted by atomic mass is 10.0. The fourth-order valence-corrected chi connectivity index (χ4v) is 4.92. The lowest BCUT2D eigenvalue weighted by molar-refractivity contribution is -0.0451. The molecule has 0 spiro atoms. The van der Waals surface area contributed by atoms with Crippen molar-refractivity contribution in [3.8, 4) is 22.8 Å². The van der Waals surface area contributed by atoms with Crippen molar-refractivity contribution in [1.82, 2.24) is 20.2 Å². The number of carbonyl (C=O) groups excluding carboxylic acids is 2. The molecule has 1 fully saturated rings. The summed E-state index contributed by atoms with van der Waals surface area (Å²) in [5.74, 6) is -0.295. The van der Waals surface area contributed by atoms with Crippen LogP contribution >= 0.6 is 0 Å². The van der Waals surface area contributed by atoms with Gasteiger partial charge in [0.25, 0.3) is 5.91 Å². The van der Waals surface area contributed by atoms with Crippen molar-refractivity contribution in [2.75, 3.05) is 51.9 Å². The van der Waals surface area contributed by atoms with E-state index in [-0.39, 0.29) is 30.5 Å². The number of H-pyrrole nitrogens is 1. The Balaban J connectivity index is 1.40. The number of nitrogens with one attached hydrogen (secondary N) is 3. The molecule has 5 rings (SSSR count). The van der Waals surface area contributed by atoms with Gasteiger partial charge in [-0.2, -0.15) is 0 Å². The zero-order chi connectivity index (χ0) is 28.8. The van der Waals surface area contributed by atoms with Crippen LogP contribution in [-0.4, -0.2) is 79.5 Å². The van der Waals surface area contributed by atoms with Crippen molar-refractivity contribution in [2.45, 2.75) is 32.3 Å². The third-order valence-electron chi connectivity index (χ3n) is 7.00. The molecule has 11 nitrogen and oxygen atoms in total. The van der Waals surface area contributed by atoms with E-state index in [1.807, 2.05) is 6.92 Å². The van der Waals surface area contributed by atoms with Crippen LogP contribution in [0.3, 0.4) is 0 Å². The largest absolute Gasteiger partial charge is 0.492 e. The quantitative estimate of drug-likeness (QED) is 0.310. The third-order valence-corrected chi connectivity index (χ3v) is 7.00. The van der Waals surface area contributed by atoms with Gasteiger partial charge in [-0.15, -0.1) is 0 Å². The number of hydrogen-bond acceptors (Lipinski definition) is 8. The molecule has 0 radical (unpaired) electrons. The van der Waals surface area contributed by atoms with Crippen LogP contribution in [0.5, 0.6) is 11.5 Å². The summed E-state index contributed by atoms with van der Waals surface area (Å²) < 4.78 is 37.2. The average Bonchev–Trinajstić information content (AvgIpc) is 3.35. The Labute approximate surface area is 237 Å². The number of halogens is 1. The first-order valence-corrected chi connectivity index (χ1v) is 13.7. The molecule has 1 aromatic carbocycles. The number of nitrogens with zero attached hydrogens (tertiary/aromatic N) is 2. The molecular weight excluding hydrogens is 533 g/mol. The van der Waals surface area contributed by atoms with Gasteiger partial charge in [-0.1, -0.05) is 19.4 Å². The molecule has 12 heteroatoms. The van der Waals surface area contributed by atoms with E-state index in [1.54, 1.807) is 35.5 Å². The van der Waals surface area contributed by atoms with Crippen molar-refractivity contribution < 1.29 is 32.9 Å². The number of amides is 2. The first kappa shape index (κ1) is 28.2. The van der Waals surface area contributed by atoms with E-state index < -0.39 is 5.82 Å². The summed E-state index contributed by atoms with van der Waals surface area (Å²) in [5.41, 5.74) is 3.25. The molecule has 41 heavy (non-hydrogen) atoms. The number of rotatable bonds is 10. The van der Waals surface area contributed by atoms with Gasteiger partial charge in [-0.05, 0) is 24.6 Å². The number of para-hydroxylation sites is 1. The number of morpholine rings is 1. The molecule has 0 unspecified atom stereocenters. The van der Waals surface area contributed by atoms with Crippen LogP contribution in [0.4, 0.5) is 20.6 Å². The topological polar surface area (TPSA) is 127 Å². The van der Waals surface area contributed by atoms with Crippen molar-refractivity contribution in [1.29, 1.82) is 0 Å². The summed E-state index contributed by atoms with van der Waals surface area (Å²) in [4.78, 5) is 34.6. The van der Waals surface area contributed by atoms with Crippen molar-refractivity contribution >= 4 is 23.4 Å². The Hall–Kier alpha value is -4.32. The Morgan fingerprint density at radius 1 is 1.32 bits per heavy atom. The van der Waals surface area contributed by atoms with E-state index in [0.717, 1.165) is 18.5 Å². The molecule has 0 aliphatic carbocycles. The van der Waals surface area contributed by atoms with Gasteiger partial charge in [0.15, 0.2) is 11.6 Å². The molecule has 3 aromatic rings. The van der Waals surface area contributed by atoms with Gasteiger partial charge in [0.05, 0.1) is 55.7 Å². The number of carbonyl (C=O) groups is 2. The van der Waals surface area contributed by atoms with Gasteiger partial charge in [-0.3, -0.25) is 9.78 Å². The highest BCUT2D eigenvalue weighted by molar-refractivity contribution is 6.06. The molecule has 2 aliphatic rings. The number of anilines is 2. The molecular formula is C29H34FN5O6. The predicted molar refractivity (Wildman–Crippen MR) is 149 cm³/mol. The number of unbranched alkanes of at least 4 members (excludes halogenated alkanes) is 1. The summed E-state index contributed by atoms with van der Waals surface area (Å²) in [6.07, 6.45) is 4.85. The van der Waals surface area contributed by atoms with Crippen molar-refractivity contribution in [2.24, 2.45) is 0 Å². The summed E-state index contributed by atoms with van der Waals surface area (Å²) in [6.45, 7) is 4.25. The van der Waals surface area contributed by atoms with Gasteiger partial charge in [-0.25, -0.2) is 9.18 Å². The Morgan fingerprint density at radius 3 is 3.02 bits per heavy atom. The maximum absolute atomic E-state index is 14.5. The Kier molecular flexibility index (Phi) is 8.88. The predicted octanol–water partition coefficient (Wildman–Crippen LogP) is 4.27. The molecule has 3 N–H and O–H groups in total. The monoisotopic (exact) mass is 567 g/mol. The number of aromatic amines is 1. The zero-order valence-corrected chi connectivity index (χ0v) is 23.1. The minimum Gasteiger partial charge on any atom is -0.492 e. The maximum Gasteiger partial charge on any atom is 0.409 e. The number of ether oxygens (including phenoxy) is 4. The normalized spacial score (nSPS) is 16.5. The number of benzene rings is 1. The highest BCUT2D eigenvalue weighted by Crippen LogP contribution is 2.42. The minimum atomic E-state index is -0.531. The number of hydrogen-bond donors (Lipinski definition) is 3. The van der Waals surface area contributed by atoms with Crippen LogP contribution in [0.2, 0.25) is 0 Å². The molecule has 0 bridgehead atoms. The molecule has 2 aliphatic heterocycles. The van der Waals surface area contributed by atoms with Crippen LogP contribution in [0.15, 0.2) is 36.7 Å². The van der Waals surface area contributed by atoms with E-state index in [2.05, 4.69) is 20.6 Å². The van der Waals surface area contributed by atoms with E-state index in [4.69, 9.17) is 18.9 Å². The Morgan fingerprint density at radius 2 is 2.20 bits per heavy atom. The third kappa shape index (κ3) is 6.22. The van der Waals surface area contributed by atoms with Crippen LogP contribution in [0, 0.1) is 5.82 Å². The van der Waals surface area contributed by atoms with Crippen LogP contribution in [-0.2, 0) is 15.9 Å². The lowest BCUT2D eigenvalue weighted by Crippen LogP contribution is -2.47. The molecule has 1 atom stereocenters.